The molecular weight excluding hydrogens is 531 g/mol. The van der Waals surface area contributed by atoms with Gasteiger partial charge in [0, 0.05) is 28.4 Å². The number of benzene rings is 3. The third-order valence-electron chi connectivity index (χ3n) is 6.82. The lowest BCUT2D eigenvalue weighted by molar-refractivity contribution is -0.142. The molecule has 0 saturated heterocycles. The number of fused-ring (bicyclic) bond motifs is 1. The van der Waals surface area contributed by atoms with Crippen LogP contribution in [0.3, 0.4) is 0 Å². The maximum absolute atomic E-state index is 12.7. The molecule has 1 amide bonds. The summed E-state index contributed by atoms with van der Waals surface area (Å²) in [5.41, 5.74) is 4.85. The lowest BCUT2D eigenvalue weighted by Gasteiger charge is -2.30. The van der Waals surface area contributed by atoms with Gasteiger partial charge in [-0.3, -0.25) is 9.59 Å². The van der Waals surface area contributed by atoms with Gasteiger partial charge in [0.25, 0.3) is 5.91 Å². The zero-order chi connectivity index (χ0) is 27.8. The molecule has 7 heteroatoms. The van der Waals surface area contributed by atoms with Crippen molar-refractivity contribution in [3.05, 3.63) is 111 Å². The van der Waals surface area contributed by atoms with E-state index in [1.54, 1.807) is 6.92 Å². The van der Waals surface area contributed by atoms with Crippen LogP contribution in [0.5, 0.6) is 0 Å². The SMILES string of the molecule is CCC[C@H](c1ccc(C(=O)NCCC(=O)OCC)cc1)C(c1ccc(Cl)cc1)c1cccc2nc(Cl)ccc12. The molecular formula is C32H32Cl2N2O3. The van der Waals surface area contributed by atoms with Crippen LogP contribution in [-0.2, 0) is 9.53 Å². The van der Waals surface area contributed by atoms with Gasteiger partial charge in [-0.25, -0.2) is 4.98 Å². The molecule has 2 atom stereocenters. The van der Waals surface area contributed by atoms with Crippen LogP contribution < -0.4 is 5.32 Å². The zero-order valence-electron chi connectivity index (χ0n) is 22.1. The Hall–Kier alpha value is -3.41. The van der Waals surface area contributed by atoms with Crippen molar-refractivity contribution in [3.63, 3.8) is 0 Å². The van der Waals surface area contributed by atoms with Crippen molar-refractivity contribution in [1.29, 1.82) is 0 Å². The van der Waals surface area contributed by atoms with Crippen LogP contribution >= 0.6 is 23.2 Å². The highest BCUT2D eigenvalue weighted by Gasteiger charge is 2.28. The maximum atomic E-state index is 12.7. The van der Waals surface area contributed by atoms with Gasteiger partial charge in [-0.15, -0.1) is 0 Å². The van der Waals surface area contributed by atoms with Crippen molar-refractivity contribution in [2.75, 3.05) is 13.2 Å². The van der Waals surface area contributed by atoms with Gasteiger partial charge >= 0.3 is 5.97 Å². The Morgan fingerprint density at radius 1 is 0.897 bits per heavy atom. The van der Waals surface area contributed by atoms with Crippen LogP contribution in [0.25, 0.3) is 10.9 Å². The summed E-state index contributed by atoms with van der Waals surface area (Å²) in [7, 11) is 0. The summed E-state index contributed by atoms with van der Waals surface area (Å²) in [6.45, 7) is 4.50. The normalized spacial score (nSPS) is 12.6. The average molecular weight is 564 g/mol. The van der Waals surface area contributed by atoms with E-state index < -0.39 is 0 Å². The number of ether oxygens (including phenoxy) is 1. The van der Waals surface area contributed by atoms with Gasteiger partial charge in [0.2, 0.25) is 0 Å². The first-order chi connectivity index (χ1) is 18.9. The van der Waals surface area contributed by atoms with Crippen LogP contribution in [0.15, 0.2) is 78.9 Å². The molecule has 5 nitrogen and oxygen atoms in total. The van der Waals surface area contributed by atoms with Gasteiger partial charge in [0.1, 0.15) is 5.15 Å². The molecule has 202 valence electrons. The number of hydrogen-bond donors (Lipinski definition) is 1. The molecule has 0 aliphatic rings. The van der Waals surface area contributed by atoms with Crippen molar-refractivity contribution in [3.8, 4) is 0 Å². The summed E-state index contributed by atoms with van der Waals surface area (Å²) in [6.07, 6.45) is 2.07. The predicted octanol–water partition coefficient (Wildman–Crippen LogP) is 7.94. The second kappa shape index (κ2) is 13.6. The number of halogens is 2. The van der Waals surface area contributed by atoms with E-state index in [4.69, 9.17) is 27.9 Å². The van der Waals surface area contributed by atoms with E-state index in [0.29, 0.717) is 22.3 Å². The molecule has 0 fully saturated rings. The first kappa shape index (κ1) is 28.6. The molecule has 4 rings (SSSR count). The Kier molecular flexibility index (Phi) is 9.96. The van der Waals surface area contributed by atoms with E-state index in [2.05, 4.69) is 35.4 Å². The molecule has 4 aromatic rings. The molecule has 3 aromatic carbocycles. The fourth-order valence-electron chi connectivity index (χ4n) is 5.06. The van der Waals surface area contributed by atoms with E-state index in [1.807, 2.05) is 60.7 Å². The molecule has 0 radical (unpaired) electrons. The summed E-state index contributed by atoms with van der Waals surface area (Å²) in [5.74, 6) is -0.379. The largest absolute Gasteiger partial charge is 0.466 e. The number of hydrogen-bond acceptors (Lipinski definition) is 4. The minimum absolute atomic E-state index is 0.0261. The predicted molar refractivity (Wildman–Crippen MR) is 158 cm³/mol. The quantitative estimate of drug-likeness (QED) is 0.149. The average Bonchev–Trinajstić information content (AvgIpc) is 2.94. The van der Waals surface area contributed by atoms with Crippen molar-refractivity contribution >= 4 is 46.0 Å². The van der Waals surface area contributed by atoms with Crippen molar-refractivity contribution in [2.45, 2.75) is 44.9 Å². The van der Waals surface area contributed by atoms with Crippen LogP contribution in [0.4, 0.5) is 0 Å². The summed E-state index contributed by atoms with van der Waals surface area (Å²) in [4.78, 5) is 28.8. The standard InChI is InChI=1S/C32H32Cl2N2O3/c1-3-6-25(21-9-11-23(12-10-21)32(38)35-20-19-30(37)39-4-2)31(22-13-15-24(33)16-14-22)27-7-5-8-28-26(27)17-18-29(34)36-28/h5,7-18,25,31H,3-4,6,19-20H2,1-2H3,(H,35,38)/t25-,31?/m1/s1. The van der Waals surface area contributed by atoms with Crippen LogP contribution in [0.2, 0.25) is 10.2 Å². The first-order valence-electron chi connectivity index (χ1n) is 13.3. The second-order valence-corrected chi connectivity index (χ2v) is 10.2. The van der Waals surface area contributed by atoms with Gasteiger partial charge < -0.3 is 10.1 Å². The Bertz CT molecular complexity index is 1420. The summed E-state index contributed by atoms with van der Waals surface area (Å²) in [6, 6.07) is 25.8. The lowest BCUT2D eigenvalue weighted by Crippen LogP contribution is -2.26. The number of amides is 1. The third kappa shape index (κ3) is 7.17. The number of aromatic nitrogens is 1. The fourth-order valence-corrected chi connectivity index (χ4v) is 5.34. The molecule has 0 aliphatic carbocycles. The molecule has 0 saturated carbocycles. The summed E-state index contributed by atoms with van der Waals surface area (Å²) in [5, 5.41) is 5.00. The van der Waals surface area contributed by atoms with Crippen LogP contribution in [0, 0.1) is 0 Å². The lowest BCUT2D eigenvalue weighted by atomic mass is 9.74. The third-order valence-corrected chi connectivity index (χ3v) is 7.28. The van der Waals surface area contributed by atoms with Crippen molar-refractivity contribution in [1.82, 2.24) is 10.3 Å². The van der Waals surface area contributed by atoms with Gasteiger partial charge in [-0.05, 0) is 78.4 Å². The number of pyridine rings is 1. The van der Waals surface area contributed by atoms with Gasteiger partial charge in [0.05, 0.1) is 18.5 Å². The van der Waals surface area contributed by atoms with E-state index in [9.17, 15) is 9.59 Å². The highest BCUT2D eigenvalue weighted by molar-refractivity contribution is 6.30. The van der Waals surface area contributed by atoms with Gasteiger partial charge in [-0.2, -0.15) is 0 Å². The number of rotatable bonds is 11. The number of carbonyl (C=O) groups is 2. The van der Waals surface area contributed by atoms with E-state index >= 15 is 0 Å². The Labute approximate surface area is 239 Å². The molecule has 1 N–H and O–H groups in total. The number of nitrogens with one attached hydrogen (secondary N) is 1. The molecule has 1 heterocycles. The van der Waals surface area contributed by atoms with E-state index in [1.165, 1.54) is 5.56 Å². The molecule has 39 heavy (non-hydrogen) atoms. The van der Waals surface area contributed by atoms with Gasteiger partial charge in [0.15, 0.2) is 0 Å². The van der Waals surface area contributed by atoms with Gasteiger partial charge in [-0.1, -0.05) is 72.9 Å². The van der Waals surface area contributed by atoms with Crippen molar-refractivity contribution in [2.24, 2.45) is 0 Å². The topological polar surface area (TPSA) is 68.3 Å². The number of esters is 1. The van der Waals surface area contributed by atoms with E-state index in [0.717, 1.165) is 34.9 Å². The van der Waals surface area contributed by atoms with E-state index in [-0.39, 0.29) is 36.7 Å². The minimum Gasteiger partial charge on any atom is -0.466 e. The fraction of sp³-hybridized carbons (Fsp3) is 0.281. The minimum atomic E-state index is -0.324. The summed E-state index contributed by atoms with van der Waals surface area (Å²) >= 11 is 12.5. The van der Waals surface area contributed by atoms with Crippen LogP contribution in [-0.4, -0.2) is 30.0 Å². The Morgan fingerprint density at radius 3 is 2.31 bits per heavy atom. The van der Waals surface area contributed by atoms with Crippen LogP contribution in [0.1, 0.15) is 72.0 Å². The van der Waals surface area contributed by atoms with Crippen molar-refractivity contribution < 1.29 is 14.3 Å². The molecule has 0 spiro atoms. The monoisotopic (exact) mass is 562 g/mol. The highest BCUT2D eigenvalue weighted by Crippen LogP contribution is 2.44. The zero-order valence-corrected chi connectivity index (χ0v) is 23.6. The highest BCUT2D eigenvalue weighted by atomic mass is 35.5. The Balaban J connectivity index is 1.68. The molecule has 1 aromatic heterocycles. The molecule has 1 unspecified atom stereocenters. The number of carbonyl (C=O) groups excluding carboxylic acids is 2. The number of nitrogens with zero attached hydrogens (tertiary/aromatic N) is 1. The summed E-state index contributed by atoms with van der Waals surface area (Å²) < 4.78 is 4.92. The maximum Gasteiger partial charge on any atom is 0.307 e. The molecule has 0 aliphatic heterocycles. The first-order valence-corrected chi connectivity index (χ1v) is 14.0. The second-order valence-electron chi connectivity index (χ2n) is 9.41. The molecule has 0 bridgehead atoms. The Morgan fingerprint density at radius 2 is 1.62 bits per heavy atom. The smallest absolute Gasteiger partial charge is 0.307 e.